The first-order chi connectivity index (χ1) is 10.3. The van der Waals surface area contributed by atoms with Crippen LogP contribution in [0.15, 0.2) is 42.7 Å². The number of carbonyl (C=O) groups is 2. The zero-order chi connectivity index (χ0) is 14.7. The van der Waals surface area contributed by atoms with Crippen molar-refractivity contribution in [3.8, 4) is 0 Å². The number of hydrogen-bond donors (Lipinski definition) is 2. The van der Waals surface area contributed by atoms with Crippen LogP contribution in [-0.2, 0) is 16.0 Å². The van der Waals surface area contributed by atoms with Crippen LogP contribution in [0.1, 0.15) is 12.2 Å². The van der Waals surface area contributed by atoms with Crippen LogP contribution in [0.2, 0.25) is 0 Å². The number of imide groups is 1. The minimum atomic E-state index is -0.451. The highest BCUT2D eigenvalue weighted by molar-refractivity contribution is 6.22. The number of rotatable bonds is 5. The van der Waals surface area contributed by atoms with Crippen LogP contribution in [0.4, 0.5) is 5.69 Å². The number of imidazole rings is 1. The fourth-order valence-corrected chi connectivity index (χ4v) is 2.44. The summed E-state index contributed by atoms with van der Waals surface area (Å²) in [7, 11) is 0. The second kappa shape index (κ2) is 5.88. The van der Waals surface area contributed by atoms with E-state index in [-0.39, 0.29) is 18.2 Å². The molecule has 2 heterocycles. The standard InChI is InChI=1S/C15H16N4O2/c20-14-10-12(16-7-6-13-17-8-9-18-13)15(21)19(14)11-4-2-1-3-5-11/h1-5,8-9,12,16H,6-7,10H2,(H,17,18). The van der Waals surface area contributed by atoms with E-state index in [1.807, 2.05) is 18.2 Å². The van der Waals surface area contributed by atoms with Crippen molar-refractivity contribution in [1.29, 1.82) is 0 Å². The molecule has 21 heavy (non-hydrogen) atoms. The van der Waals surface area contributed by atoms with Gasteiger partial charge in [-0.3, -0.25) is 9.59 Å². The molecule has 6 heteroatoms. The average molecular weight is 284 g/mol. The first-order valence-electron chi connectivity index (χ1n) is 6.89. The van der Waals surface area contributed by atoms with Gasteiger partial charge in [0.1, 0.15) is 5.82 Å². The molecule has 2 aromatic rings. The molecule has 1 aromatic heterocycles. The lowest BCUT2D eigenvalue weighted by Gasteiger charge is -2.15. The fourth-order valence-electron chi connectivity index (χ4n) is 2.44. The number of anilines is 1. The zero-order valence-corrected chi connectivity index (χ0v) is 11.5. The lowest BCUT2D eigenvalue weighted by atomic mass is 10.2. The van der Waals surface area contributed by atoms with E-state index in [0.717, 1.165) is 5.82 Å². The number of amides is 2. The minimum Gasteiger partial charge on any atom is -0.349 e. The monoisotopic (exact) mass is 284 g/mol. The Morgan fingerprint density at radius 3 is 2.81 bits per heavy atom. The Morgan fingerprint density at radius 2 is 2.10 bits per heavy atom. The van der Waals surface area contributed by atoms with E-state index in [1.54, 1.807) is 24.5 Å². The Labute approximate surface area is 122 Å². The van der Waals surface area contributed by atoms with Gasteiger partial charge in [-0.05, 0) is 12.1 Å². The molecule has 1 aliphatic rings. The van der Waals surface area contributed by atoms with Gasteiger partial charge in [0.25, 0.3) is 5.91 Å². The molecule has 0 radical (unpaired) electrons. The molecule has 3 rings (SSSR count). The number of carbonyl (C=O) groups excluding carboxylic acids is 2. The molecule has 2 N–H and O–H groups in total. The van der Waals surface area contributed by atoms with E-state index in [0.29, 0.717) is 18.7 Å². The van der Waals surface area contributed by atoms with E-state index < -0.39 is 6.04 Å². The van der Waals surface area contributed by atoms with Crippen LogP contribution in [0.25, 0.3) is 0 Å². The van der Waals surface area contributed by atoms with Crippen LogP contribution in [0, 0.1) is 0 Å². The van der Waals surface area contributed by atoms with Crippen molar-refractivity contribution < 1.29 is 9.59 Å². The Bertz CT molecular complexity index is 624. The second-order valence-electron chi connectivity index (χ2n) is 4.90. The third-order valence-corrected chi connectivity index (χ3v) is 3.47. The lowest BCUT2D eigenvalue weighted by Crippen LogP contribution is -2.39. The van der Waals surface area contributed by atoms with Crippen LogP contribution in [0.5, 0.6) is 0 Å². The van der Waals surface area contributed by atoms with Gasteiger partial charge in [0.15, 0.2) is 0 Å². The number of nitrogens with zero attached hydrogens (tertiary/aromatic N) is 2. The topological polar surface area (TPSA) is 78.1 Å². The van der Waals surface area contributed by atoms with Gasteiger partial charge in [0.05, 0.1) is 18.2 Å². The summed E-state index contributed by atoms with van der Waals surface area (Å²) in [5.41, 5.74) is 0.628. The van der Waals surface area contributed by atoms with Gasteiger partial charge in [-0.2, -0.15) is 0 Å². The molecule has 1 fully saturated rings. The smallest absolute Gasteiger partial charge is 0.251 e. The summed E-state index contributed by atoms with van der Waals surface area (Å²) in [6.45, 7) is 0.597. The van der Waals surface area contributed by atoms with Crippen LogP contribution >= 0.6 is 0 Å². The summed E-state index contributed by atoms with van der Waals surface area (Å²) in [5.74, 6) is 0.506. The van der Waals surface area contributed by atoms with Gasteiger partial charge in [-0.25, -0.2) is 9.88 Å². The van der Waals surface area contributed by atoms with Crippen molar-refractivity contribution >= 4 is 17.5 Å². The zero-order valence-electron chi connectivity index (χ0n) is 11.5. The SMILES string of the molecule is O=C1CC(NCCc2ncc[nH]2)C(=O)N1c1ccccc1. The summed E-state index contributed by atoms with van der Waals surface area (Å²) in [5, 5.41) is 3.13. The maximum Gasteiger partial charge on any atom is 0.251 e. The Balaban J connectivity index is 1.61. The highest BCUT2D eigenvalue weighted by Gasteiger charge is 2.38. The summed E-state index contributed by atoms with van der Waals surface area (Å²) in [4.78, 5) is 32.7. The largest absolute Gasteiger partial charge is 0.349 e. The van der Waals surface area contributed by atoms with Gasteiger partial charge < -0.3 is 10.3 Å². The first-order valence-corrected chi connectivity index (χ1v) is 6.89. The van der Waals surface area contributed by atoms with Crippen molar-refractivity contribution in [1.82, 2.24) is 15.3 Å². The molecular weight excluding hydrogens is 268 g/mol. The summed E-state index contributed by atoms with van der Waals surface area (Å²) < 4.78 is 0. The molecule has 1 unspecified atom stereocenters. The van der Waals surface area contributed by atoms with Crippen LogP contribution in [-0.4, -0.2) is 34.4 Å². The summed E-state index contributed by atoms with van der Waals surface area (Å²) in [6, 6.07) is 8.56. The van der Waals surface area contributed by atoms with E-state index in [4.69, 9.17) is 0 Å². The second-order valence-corrected chi connectivity index (χ2v) is 4.90. The highest BCUT2D eigenvalue weighted by atomic mass is 16.2. The normalized spacial score (nSPS) is 18.5. The molecule has 1 aliphatic heterocycles. The molecule has 1 aromatic carbocycles. The summed E-state index contributed by atoms with van der Waals surface area (Å²) >= 11 is 0. The number of aromatic amines is 1. The number of benzene rings is 1. The number of aromatic nitrogens is 2. The van der Waals surface area contributed by atoms with E-state index in [1.165, 1.54) is 4.90 Å². The summed E-state index contributed by atoms with van der Waals surface area (Å²) in [6.07, 6.45) is 4.34. The number of hydrogen-bond acceptors (Lipinski definition) is 4. The molecule has 108 valence electrons. The van der Waals surface area contributed by atoms with Gasteiger partial charge in [0, 0.05) is 25.4 Å². The van der Waals surface area contributed by atoms with Crippen molar-refractivity contribution in [3.05, 3.63) is 48.5 Å². The Hall–Kier alpha value is -2.47. The third kappa shape index (κ3) is 2.85. The fraction of sp³-hybridized carbons (Fsp3) is 0.267. The quantitative estimate of drug-likeness (QED) is 0.799. The predicted molar refractivity (Wildman–Crippen MR) is 77.6 cm³/mol. The highest BCUT2D eigenvalue weighted by Crippen LogP contribution is 2.22. The number of para-hydroxylation sites is 1. The first kappa shape index (κ1) is 13.5. The number of nitrogens with one attached hydrogen (secondary N) is 2. The molecule has 0 aliphatic carbocycles. The maximum absolute atomic E-state index is 12.3. The third-order valence-electron chi connectivity index (χ3n) is 3.47. The van der Waals surface area contributed by atoms with Gasteiger partial charge >= 0.3 is 0 Å². The predicted octanol–water partition coefficient (Wildman–Crippen LogP) is 0.874. The molecule has 0 spiro atoms. The van der Waals surface area contributed by atoms with Gasteiger partial charge in [-0.1, -0.05) is 18.2 Å². The average Bonchev–Trinajstić information content (AvgIpc) is 3.09. The van der Waals surface area contributed by atoms with E-state index in [2.05, 4.69) is 15.3 Å². The van der Waals surface area contributed by atoms with Gasteiger partial charge in [-0.15, -0.1) is 0 Å². The number of H-pyrrole nitrogens is 1. The Kier molecular flexibility index (Phi) is 3.79. The van der Waals surface area contributed by atoms with Crippen molar-refractivity contribution in [2.24, 2.45) is 0 Å². The lowest BCUT2D eigenvalue weighted by molar-refractivity contribution is -0.121. The van der Waals surface area contributed by atoms with Crippen molar-refractivity contribution in [3.63, 3.8) is 0 Å². The molecular formula is C15H16N4O2. The molecule has 6 nitrogen and oxygen atoms in total. The molecule has 0 saturated carbocycles. The van der Waals surface area contributed by atoms with Crippen molar-refractivity contribution in [2.45, 2.75) is 18.9 Å². The minimum absolute atomic E-state index is 0.165. The Morgan fingerprint density at radius 1 is 1.29 bits per heavy atom. The maximum atomic E-state index is 12.3. The molecule has 1 saturated heterocycles. The van der Waals surface area contributed by atoms with Gasteiger partial charge in [0.2, 0.25) is 5.91 Å². The molecule has 1 atom stereocenters. The van der Waals surface area contributed by atoms with Crippen LogP contribution in [0.3, 0.4) is 0 Å². The van der Waals surface area contributed by atoms with E-state index >= 15 is 0 Å². The molecule has 0 bridgehead atoms. The van der Waals surface area contributed by atoms with E-state index in [9.17, 15) is 9.59 Å². The van der Waals surface area contributed by atoms with Crippen LogP contribution < -0.4 is 10.2 Å². The van der Waals surface area contributed by atoms with Crippen molar-refractivity contribution in [2.75, 3.05) is 11.4 Å². The molecule has 2 amide bonds.